The number of benzene rings is 2. The zero-order valence-electron chi connectivity index (χ0n) is 15.9. The lowest BCUT2D eigenvalue weighted by molar-refractivity contribution is -0.130. The first-order valence-electron chi connectivity index (χ1n) is 9.36. The number of aromatic amines is 1. The van der Waals surface area contributed by atoms with E-state index in [-0.39, 0.29) is 11.5 Å². The van der Waals surface area contributed by atoms with E-state index in [2.05, 4.69) is 41.2 Å². The van der Waals surface area contributed by atoms with E-state index in [0.29, 0.717) is 42.5 Å². The monoisotopic (exact) mass is 363 g/mol. The van der Waals surface area contributed by atoms with Gasteiger partial charge in [-0.15, -0.1) is 0 Å². The highest BCUT2D eigenvalue weighted by atomic mass is 16.2. The summed E-state index contributed by atoms with van der Waals surface area (Å²) in [4.78, 5) is 33.5. The molecule has 0 radical (unpaired) electrons. The molecule has 2 aromatic carbocycles. The number of aromatic nitrogens is 2. The topological polar surface area (TPSA) is 66.1 Å². The van der Waals surface area contributed by atoms with Gasteiger partial charge in [0.1, 0.15) is 5.82 Å². The fourth-order valence-corrected chi connectivity index (χ4v) is 3.09. The van der Waals surface area contributed by atoms with Crippen LogP contribution in [0.25, 0.3) is 10.9 Å². The molecule has 3 rings (SSSR count). The second-order valence-corrected chi connectivity index (χ2v) is 6.80. The molecule has 0 spiro atoms. The minimum Gasteiger partial charge on any atom is -0.341 e. The zero-order chi connectivity index (χ0) is 19.2. The molecule has 1 aromatic heterocycles. The highest BCUT2D eigenvalue weighted by Gasteiger charge is 2.10. The summed E-state index contributed by atoms with van der Waals surface area (Å²) in [5, 5.41) is 0.589. The number of fused-ring (bicyclic) bond motifs is 1. The Morgan fingerprint density at radius 3 is 2.52 bits per heavy atom. The van der Waals surface area contributed by atoms with Crippen molar-refractivity contribution in [3.63, 3.8) is 0 Å². The Bertz CT molecular complexity index is 977. The molecule has 0 aliphatic carbocycles. The van der Waals surface area contributed by atoms with Gasteiger partial charge in [0.25, 0.3) is 5.56 Å². The smallest absolute Gasteiger partial charge is 0.258 e. The van der Waals surface area contributed by atoms with Crippen LogP contribution in [0, 0.1) is 0 Å². The van der Waals surface area contributed by atoms with E-state index in [4.69, 9.17) is 0 Å². The van der Waals surface area contributed by atoms with Gasteiger partial charge in [0.2, 0.25) is 5.91 Å². The van der Waals surface area contributed by atoms with Crippen LogP contribution in [0.5, 0.6) is 0 Å². The van der Waals surface area contributed by atoms with Gasteiger partial charge in [-0.05, 0) is 36.1 Å². The lowest BCUT2D eigenvalue weighted by Gasteiger charge is -2.17. The van der Waals surface area contributed by atoms with E-state index in [1.165, 1.54) is 5.56 Å². The van der Waals surface area contributed by atoms with Gasteiger partial charge in [-0.1, -0.05) is 43.3 Å². The second kappa shape index (κ2) is 8.62. The average Bonchev–Trinajstić information content (AvgIpc) is 2.68. The van der Waals surface area contributed by atoms with E-state index in [1.807, 2.05) is 25.2 Å². The van der Waals surface area contributed by atoms with Crippen LogP contribution < -0.4 is 5.56 Å². The lowest BCUT2D eigenvalue weighted by atomic mass is 10.1. The Labute approximate surface area is 159 Å². The van der Waals surface area contributed by atoms with Crippen LogP contribution in [0.15, 0.2) is 53.3 Å². The zero-order valence-corrected chi connectivity index (χ0v) is 15.9. The van der Waals surface area contributed by atoms with Gasteiger partial charge >= 0.3 is 0 Å². The van der Waals surface area contributed by atoms with E-state index < -0.39 is 0 Å². The number of H-pyrrole nitrogens is 1. The molecule has 1 amide bonds. The average molecular weight is 363 g/mol. The summed E-state index contributed by atoms with van der Waals surface area (Å²) in [7, 11) is 1.83. The number of nitrogens with zero attached hydrogens (tertiary/aromatic N) is 2. The molecule has 0 atom stereocenters. The predicted molar refractivity (Wildman–Crippen MR) is 108 cm³/mol. The van der Waals surface area contributed by atoms with Crippen molar-refractivity contribution in [1.82, 2.24) is 14.9 Å². The maximum absolute atomic E-state index is 12.4. The molecule has 0 saturated heterocycles. The molecule has 0 bridgehead atoms. The molecule has 5 nitrogen and oxygen atoms in total. The molecular formula is C22H25N3O2. The van der Waals surface area contributed by atoms with Crippen LogP contribution >= 0.6 is 0 Å². The van der Waals surface area contributed by atoms with Crippen molar-refractivity contribution in [2.24, 2.45) is 0 Å². The third-order valence-electron chi connectivity index (χ3n) is 4.74. The third kappa shape index (κ3) is 4.82. The molecule has 140 valence electrons. The molecule has 1 N–H and O–H groups in total. The summed E-state index contributed by atoms with van der Waals surface area (Å²) < 4.78 is 0. The van der Waals surface area contributed by atoms with Crippen LogP contribution in [0.2, 0.25) is 0 Å². The van der Waals surface area contributed by atoms with Gasteiger partial charge in [0.15, 0.2) is 0 Å². The summed E-state index contributed by atoms with van der Waals surface area (Å²) in [6.07, 6.45) is 2.67. The molecule has 0 fully saturated rings. The lowest BCUT2D eigenvalue weighted by Crippen LogP contribution is -2.26. The fourth-order valence-electron chi connectivity index (χ4n) is 3.09. The van der Waals surface area contributed by atoms with Crippen molar-refractivity contribution in [2.75, 3.05) is 7.05 Å². The van der Waals surface area contributed by atoms with Crippen LogP contribution in [0.1, 0.15) is 36.7 Å². The third-order valence-corrected chi connectivity index (χ3v) is 4.74. The quantitative estimate of drug-likeness (QED) is 0.699. The van der Waals surface area contributed by atoms with Crippen molar-refractivity contribution in [2.45, 2.75) is 39.2 Å². The first-order chi connectivity index (χ1) is 13.1. The minimum atomic E-state index is -0.130. The van der Waals surface area contributed by atoms with E-state index in [9.17, 15) is 9.59 Å². The number of carbonyl (C=O) groups excluding carboxylic acids is 1. The minimum absolute atomic E-state index is 0.0951. The Balaban J connectivity index is 1.53. The fraction of sp³-hybridized carbons (Fsp3) is 0.318. The number of nitrogens with one attached hydrogen (secondary N) is 1. The number of carbonyl (C=O) groups is 1. The molecule has 1 heterocycles. The van der Waals surface area contributed by atoms with Crippen molar-refractivity contribution in [3.05, 3.63) is 75.8 Å². The van der Waals surface area contributed by atoms with Gasteiger partial charge in [-0.2, -0.15) is 0 Å². The highest BCUT2D eigenvalue weighted by molar-refractivity contribution is 5.77. The normalized spacial score (nSPS) is 10.9. The van der Waals surface area contributed by atoms with E-state index in [1.54, 1.807) is 11.0 Å². The maximum atomic E-state index is 12.4. The van der Waals surface area contributed by atoms with E-state index in [0.717, 1.165) is 12.0 Å². The number of para-hydroxylation sites is 1. The molecule has 0 unspecified atom stereocenters. The molecule has 27 heavy (non-hydrogen) atoms. The number of amides is 1. The summed E-state index contributed by atoms with van der Waals surface area (Å²) in [5.74, 6) is 0.724. The number of hydrogen-bond donors (Lipinski definition) is 1. The summed E-state index contributed by atoms with van der Waals surface area (Å²) >= 11 is 0. The van der Waals surface area contributed by atoms with Gasteiger partial charge in [0, 0.05) is 26.4 Å². The van der Waals surface area contributed by atoms with Gasteiger partial charge < -0.3 is 9.88 Å². The Hall–Kier alpha value is -2.95. The van der Waals surface area contributed by atoms with Crippen molar-refractivity contribution < 1.29 is 4.79 Å². The molecular weight excluding hydrogens is 338 g/mol. The number of rotatable bonds is 7. The second-order valence-electron chi connectivity index (χ2n) is 6.80. The van der Waals surface area contributed by atoms with Crippen molar-refractivity contribution in [3.8, 4) is 0 Å². The Morgan fingerprint density at radius 2 is 1.78 bits per heavy atom. The molecule has 3 aromatic rings. The summed E-state index contributed by atoms with van der Waals surface area (Å²) in [6.45, 7) is 2.73. The predicted octanol–water partition coefficient (Wildman–Crippen LogP) is 3.47. The molecule has 0 aliphatic rings. The largest absolute Gasteiger partial charge is 0.341 e. The van der Waals surface area contributed by atoms with Crippen molar-refractivity contribution >= 4 is 16.8 Å². The highest BCUT2D eigenvalue weighted by Crippen LogP contribution is 2.10. The van der Waals surface area contributed by atoms with Gasteiger partial charge in [-0.3, -0.25) is 9.59 Å². The van der Waals surface area contributed by atoms with Crippen LogP contribution in [0.3, 0.4) is 0 Å². The Morgan fingerprint density at radius 1 is 1.07 bits per heavy atom. The first kappa shape index (κ1) is 18.8. The van der Waals surface area contributed by atoms with E-state index >= 15 is 0 Å². The number of aryl methyl sites for hydroxylation is 2. The Kier molecular flexibility index (Phi) is 6.01. The SMILES string of the molecule is CCc1ccc(CN(C)C(=O)CCCc2nc3ccccc3c(=O)[nH]2)cc1. The van der Waals surface area contributed by atoms with Gasteiger partial charge in [-0.25, -0.2) is 4.98 Å². The first-order valence-corrected chi connectivity index (χ1v) is 9.36. The summed E-state index contributed by atoms with van der Waals surface area (Å²) in [5.41, 5.74) is 2.98. The number of hydrogen-bond acceptors (Lipinski definition) is 3. The molecule has 5 heteroatoms. The van der Waals surface area contributed by atoms with Crippen LogP contribution in [0.4, 0.5) is 0 Å². The maximum Gasteiger partial charge on any atom is 0.258 e. The van der Waals surface area contributed by atoms with Crippen LogP contribution in [-0.2, 0) is 24.2 Å². The van der Waals surface area contributed by atoms with Crippen molar-refractivity contribution in [1.29, 1.82) is 0 Å². The summed E-state index contributed by atoms with van der Waals surface area (Å²) in [6, 6.07) is 15.6. The van der Waals surface area contributed by atoms with Gasteiger partial charge in [0.05, 0.1) is 10.9 Å². The van der Waals surface area contributed by atoms with Crippen LogP contribution in [-0.4, -0.2) is 27.8 Å². The standard InChI is InChI=1S/C22H25N3O2/c1-3-16-11-13-17(14-12-16)15-25(2)21(26)10-6-9-20-23-19-8-5-4-7-18(19)22(27)24-20/h4-5,7-8,11-14H,3,6,9-10,15H2,1-2H3,(H,23,24,27). The molecule has 0 aliphatic heterocycles. The molecule has 0 saturated carbocycles.